The van der Waals surface area contributed by atoms with Crippen LogP contribution >= 0.6 is 0 Å². The van der Waals surface area contributed by atoms with E-state index in [4.69, 9.17) is 9.84 Å². The van der Waals surface area contributed by atoms with Gasteiger partial charge in [0.15, 0.2) is 0 Å². The first-order valence-corrected chi connectivity index (χ1v) is 6.16. The third-order valence-corrected chi connectivity index (χ3v) is 3.35. The van der Waals surface area contributed by atoms with Gasteiger partial charge in [0.2, 0.25) is 0 Å². The van der Waals surface area contributed by atoms with Crippen molar-refractivity contribution in [1.82, 2.24) is 10.3 Å². The van der Waals surface area contributed by atoms with Gasteiger partial charge in [-0.05, 0) is 19.4 Å². The summed E-state index contributed by atoms with van der Waals surface area (Å²) in [6.07, 6.45) is 3.61. The molecule has 0 radical (unpaired) electrons. The Morgan fingerprint density at radius 1 is 1.53 bits per heavy atom. The number of carboxylic acids is 1. The first kappa shape index (κ1) is 13.5. The van der Waals surface area contributed by atoms with E-state index in [9.17, 15) is 9.59 Å². The Balaban J connectivity index is 2.02. The first-order chi connectivity index (χ1) is 9.09. The second kappa shape index (κ2) is 5.79. The number of pyridine rings is 1. The number of carbonyl (C=O) groups excluding carboxylic acids is 1. The van der Waals surface area contributed by atoms with Gasteiger partial charge in [-0.15, -0.1) is 0 Å². The molecule has 1 fully saturated rings. The van der Waals surface area contributed by atoms with E-state index < -0.39 is 5.97 Å². The van der Waals surface area contributed by atoms with Crippen LogP contribution in [0.25, 0.3) is 0 Å². The summed E-state index contributed by atoms with van der Waals surface area (Å²) in [6, 6.07) is 1.41. The monoisotopic (exact) mass is 264 g/mol. The Kier molecular flexibility index (Phi) is 4.11. The van der Waals surface area contributed by atoms with Crippen LogP contribution in [0.15, 0.2) is 18.5 Å². The summed E-state index contributed by atoms with van der Waals surface area (Å²) in [5, 5.41) is 11.8. The van der Waals surface area contributed by atoms with Crippen molar-refractivity contribution >= 4 is 11.9 Å². The van der Waals surface area contributed by atoms with Gasteiger partial charge in [-0.2, -0.15) is 0 Å². The van der Waals surface area contributed by atoms with Gasteiger partial charge >= 0.3 is 5.97 Å². The lowest BCUT2D eigenvalue weighted by atomic mass is 10.0. The number of carboxylic acid groups (broad SMARTS) is 1. The molecule has 1 aliphatic heterocycles. The number of nitrogens with one attached hydrogen (secondary N) is 1. The predicted octanol–water partition coefficient (Wildman–Crippen LogP) is 0.935. The first-order valence-electron chi connectivity index (χ1n) is 6.16. The molecule has 2 rings (SSSR count). The number of nitrogens with zero attached hydrogens (tertiary/aromatic N) is 1. The highest BCUT2D eigenvalue weighted by Crippen LogP contribution is 2.19. The van der Waals surface area contributed by atoms with Crippen LogP contribution in [0.1, 0.15) is 34.1 Å². The molecular formula is C13H16N2O4. The average Bonchev–Trinajstić information content (AvgIpc) is 2.81. The van der Waals surface area contributed by atoms with E-state index in [0.29, 0.717) is 13.2 Å². The molecule has 0 spiro atoms. The predicted molar refractivity (Wildman–Crippen MR) is 67.1 cm³/mol. The lowest BCUT2D eigenvalue weighted by Crippen LogP contribution is -2.32. The smallest absolute Gasteiger partial charge is 0.338 e. The number of ether oxygens (including phenoxy) is 1. The van der Waals surface area contributed by atoms with E-state index in [1.165, 1.54) is 18.5 Å². The number of hydrogen-bond acceptors (Lipinski definition) is 4. The molecule has 1 saturated heterocycles. The summed E-state index contributed by atoms with van der Waals surface area (Å²) in [5.41, 5.74) is 0.0461. The maximum absolute atomic E-state index is 12.0. The molecule has 0 aromatic carbocycles. The molecule has 6 heteroatoms. The van der Waals surface area contributed by atoms with Gasteiger partial charge in [0.25, 0.3) is 5.91 Å². The quantitative estimate of drug-likeness (QED) is 0.844. The number of carbonyl (C=O) groups is 2. The fraction of sp³-hybridized carbons (Fsp3) is 0.462. The zero-order chi connectivity index (χ0) is 13.8. The third-order valence-electron chi connectivity index (χ3n) is 3.35. The molecule has 1 amide bonds. The molecule has 0 bridgehead atoms. The molecule has 1 aromatic heterocycles. The van der Waals surface area contributed by atoms with Gasteiger partial charge in [0, 0.05) is 31.5 Å². The molecule has 2 N–H and O–H groups in total. The average molecular weight is 264 g/mol. The summed E-state index contributed by atoms with van der Waals surface area (Å²) >= 11 is 0. The van der Waals surface area contributed by atoms with Crippen LogP contribution in [0.5, 0.6) is 0 Å². The molecule has 1 aromatic rings. The minimum Gasteiger partial charge on any atom is -0.478 e. The van der Waals surface area contributed by atoms with Crippen LogP contribution in [0.2, 0.25) is 0 Å². The Morgan fingerprint density at radius 3 is 2.95 bits per heavy atom. The Morgan fingerprint density at radius 2 is 2.32 bits per heavy atom. The summed E-state index contributed by atoms with van der Waals surface area (Å²) < 4.78 is 5.41. The van der Waals surface area contributed by atoms with E-state index >= 15 is 0 Å². The van der Waals surface area contributed by atoms with E-state index in [1.807, 2.05) is 6.92 Å². The van der Waals surface area contributed by atoms with Crippen LogP contribution < -0.4 is 5.32 Å². The molecule has 0 saturated carbocycles. The number of aromatic carboxylic acids is 1. The molecular weight excluding hydrogens is 248 g/mol. The van der Waals surface area contributed by atoms with Crippen LogP contribution in [0.3, 0.4) is 0 Å². The van der Waals surface area contributed by atoms with Gasteiger partial charge in [-0.1, -0.05) is 0 Å². The molecule has 102 valence electrons. The van der Waals surface area contributed by atoms with Crippen LogP contribution in [-0.4, -0.2) is 41.2 Å². The van der Waals surface area contributed by atoms with Crippen LogP contribution in [-0.2, 0) is 4.74 Å². The molecule has 2 unspecified atom stereocenters. The lowest BCUT2D eigenvalue weighted by Gasteiger charge is -2.15. The molecule has 2 atom stereocenters. The fourth-order valence-corrected chi connectivity index (χ4v) is 2.13. The molecule has 1 aliphatic rings. The van der Waals surface area contributed by atoms with Gasteiger partial charge < -0.3 is 15.2 Å². The van der Waals surface area contributed by atoms with E-state index in [1.54, 1.807) is 0 Å². The largest absolute Gasteiger partial charge is 0.478 e. The maximum atomic E-state index is 12.0. The highest BCUT2D eigenvalue weighted by molar-refractivity contribution is 6.04. The zero-order valence-electron chi connectivity index (χ0n) is 10.6. The normalized spacial score (nSPS) is 22.2. The number of hydrogen-bond donors (Lipinski definition) is 2. The van der Waals surface area contributed by atoms with Gasteiger partial charge in [-0.3, -0.25) is 9.78 Å². The second-order valence-corrected chi connectivity index (χ2v) is 4.56. The Hall–Kier alpha value is -1.95. The number of amides is 1. The molecule has 6 nitrogen and oxygen atoms in total. The number of aromatic nitrogens is 1. The van der Waals surface area contributed by atoms with Crippen molar-refractivity contribution in [2.45, 2.75) is 19.4 Å². The van der Waals surface area contributed by atoms with Gasteiger partial charge in [0.1, 0.15) is 0 Å². The Labute approximate surface area is 110 Å². The Bertz CT molecular complexity index is 489. The maximum Gasteiger partial charge on any atom is 0.338 e. The molecule has 19 heavy (non-hydrogen) atoms. The topological polar surface area (TPSA) is 88.5 Å². The van der Waals surface area contributed by atoms with Crippen molar-refractivity contribution in [3.63, 3.8) is 0 Å². The van der Waals surface area contributed by atoms with E-state index in [-0.39, 0.29) is 29.1 Å². The molecule has 0 aliphatic carbocycles. The SMILES string of the molecule is CC1OCCC1CNC(=O)c1ccncc1C(=O)O. The van der Waals surface area contributed by atoms with Crippen molar-refractivity contribution in [1.29, 1.82) is 0 Å². The van der Waals surface area contributed by atoms with Gasteiger partial charge in [-0.25, -0.2) is 4.79 Å². The fourth-order valence-electron chi connectivity index (χ4n) is 2.13. The lowest BCUT2D eigenvalue weighted by molar-refractivity contribution is 0.0689. The minimum absolute atomic E-state index is 0.0873. The summed E-state index contributed by atoms with van der Waals surface area (Å²) in [6.45, 7) is 3.16. The standard InChI is InChI=1S/C13H16N2O4/c1-8-9(3-5-19-8)6-15-12(16)10-2-4-14-7-11(10)13(17)18/h2,4,7-9H,3,5-6H2,1H3,(H,15,16)(H,17,18). The highest BCUT2D eigenvalue weighted by Gasteiger charge is 2.25. The van der Waals surface area contributed by atoms with Crippen molar-refractivity contribution in [2.24, 2.45) is 5.92 Å². The highest BCUT2D eigenvalue weighted by atomic mass is 16.5. The summed E-state index contributed by atoms with van der Waals surface area (Å²) in [4.78, 5) is 26.7. The second-order valence-electron chi connectivity index (χ2n) is 4.56. The summed E-state index contributed by atoms with van der Waals surface area (Å²) in [7, 11) is 0. The van der Waals surface area contributed by atoms with Gasteiger partial charge in [0.05, 0.1) is 17.2 Å². The van der Waals surface area contributed by atoms with Crippen LogP contribution in [0, 0.1) is 5.92 Å². The number of rotatable bonds is 4. The molecule has 2 heterocycles. The van der Waals surface area contributed by atoms with Crippen molar-refractivity contribution in [2.75, 3.05) is 13.2 Å². The van der Waals surface area contributed by atoms with Crippen molar-refractivity contribution in [3.8, 4) is 0 Å². The summed E-state index contributed by atoms with van der Waals surface area (Å²) in [5.74, 6) is -1.27. The zero-order valence-corrected chi connectivity index (χ0v) is 10.6. The van der Waals surface area contributed by atoms with E-state index in [2.05, 4.69) is 10.3 Å². The third kappa shape index (κ3) is 3.08. The minimum atomic E-state index is -1.16. The van der Waals surface area contributed by atoms with Crippen molar-refractivity contribution < 1.29 is 19.4 Å². The van der Waals surface area contributed by atoms with Crippen molar-refractivity contribution in [3.05, 3.63) is 29.6 Å². The van der Waals surface area contributed by atoms with E-state index in [0.717, 1.165) is 6.42 Å². The van der Waals surface area contributed by atoms with Crippen LogP contribution in [0.4, 0.5) is 0 Å².